The molecular weight excluding hydrogens is 691 g/mol. The molecule has 3 aliphatic rings. The van der Waals surface area contributed by atoms with Gasteiger partial charge in [0.2, 0.25) is 0 Å². The molecule has 10 rings (SSSR count). The lowest BCUT2D eigenvalue weighted by Crippen LogP contribution is -2.30. The van der Waals surface area contributed by atoms with Crippen molar-refractivity contribution >= 4 is 40.3 Å². The summed E-state index contributed by atoms with van der Waals surface area (Å²) in [5.41, 5.74) is 9.21. The van der Waals surface area contributed by atoms with E-state index in [-0.39, 0.29) is 0 Å². The van der Waals surface area contributed by atoms with Crippen LogP contribution in [0.5, 0.6) is 0 Å². The third kappa shape index (κ3) is 4.98. The van der Waals surface area contributed by atoms with Crippen LogP contribution in [-0.2, 0) is 0 Å². The van der Waals surface area contributed by atoms with E-state index in [9.17, 15) is 0 Å². The maximum atomic E-state index is 4.70. The van der Waals surface area contributed by atoms with Crippen molar-refractivity contribution in [3.05, 3.63) is 122 Å². The Morgan fingerprint density at radius 1 is 0.471 bits per heavy atom. The Hall–Kier alpha value is -5.65. The number of hydrogen-bond acceptors (Lipinski definition) is 11. The average Bonchev–Trinajstić information content (AvgIpc) is 3.98. The summed E-state index contributed by atoms with van der Waals surface area (Å²) in [6, 6.07) is 20.0. The Labute approximate surface area is 302 Å². The van der Waals surface area contributed by atoms with E-state index in [0.717, 1.165) is 102 Å². The van der Waals surface area contributed by atoms with Gasteiger partial charge < -0.3 is 0 Å². The van der Waals surface area contributed by atoms with Gasteiger partial charge in [0.15, 0.2) is 0 Å². The summed E-state index contributed by atoms with van der Waals surface area (Å²) < 4.78 is 4.58. The van der Waals surface area contributed by atoms with E-state index in [0.29, 0.717) is 13.3 Å². The molecule has 0 unspecified atom stereocenters. The smallest absolute Gasteiger partial charge is 0.259 e. The summed E-state index contributed by atoms with van der Waals surface area (Å²) in [4.78, 5) is 43.8. The zero-order chi connectivity index (χ0) is 34.2. The zero-order valence-electron chi connectivity index (χ0n) is 27.7. The number of hydrogen-bond donors (Lipinski definition) is 0. The lowest BCUT2D eigenvalue weighted by molar-refractivity contribution is 1.05. The van der Waals surface area contributed by atoms with Crippen LogP contribution in [0.25, 0.3) is 62.6 Å². The number of aryl methyl sites for hydroxylation is 3. The van der Waals surface area contributed by atoms with Crippen LogP contribution in [-0.4, -0.2) is 34.6 Å². The third-order valence-electron chi connectivity index (χ3n) is 9.32. The second-order valence-corrected chi connectivity index (χ2v) is 15.7. The standard InChI is InChI=1S/C39H26N9S3/c1-19-34-37(46-16-43-34)25(13-40-19)31-7-4-28(49-31)22-10-23(29-5-8-32(50-29)26-14-41-20(2)35-38(26)47-17-44-35)12-24(11-22)30-6-9-33(51-30)27-15-42-21(3)36-39(27)48-18-45-36/h4-16H,17-18H2,1-3H3/q+1. The molecule has 6 aromatic heterocycles. The second kappa shape index (κ2) is 11.7. The third-order valence-corrected chi connectivity index (χ3v) is 12.8. The van der Waals surface area contributed by atoms with Crippen LogP contribution >= 0.6 is 34.0 Å². The van der Waals surface area contributed by atoms with Gasteiger partial charge in [-0.2, -0.15) is 0 Å². The molecule has 0 fully saturated rings. The van der Waals surface area contributed by atoms with E-state index in [1.54, 1.807) is 40.3 Å². The van der Waals surface area contributed by atoms with Crippen molar-refractivity contribution in [2.45, 2.75) is 20.8 Å². The monoisotopic (exact) mass is 716 g/mol. The normalized spacial score (nSPS) is 13.4. The molecule has 0 aliphatic carbocycles. The number of fused-ring (bicyclic) bond motifs is 3. The minimum Gasteiger partial charge on any atom is -0.259 e. The Morgan fingerprint density at radius 3 is 1.35 bits per heavy atom. The van der Waals surface area contributed by atoms with Crippen LogP contribution in [0.15, 0.2) is 98.1 Å². The SMILES string of the molecule is Cc1ncc(-c2ccc(-c3cc(-c4ccc(-c5cnc(C)c6c5=NCN=6)s4)cc(-c4ccc(-c5cnc(C)c6c5=[N+]=CN=6)s4)c3)s2)c2c1=NCN=2. The molecule has 0 spiro atoms. The number of pyridine rings is 3. The number of aromatic nitrogens is 3. The first-order chi connectivity index (χ1) is 25.0. The van der Waals surface area contributed by atoms with E-state index < -0.39 is 0 Å². The van der Waals surface area contributed by atoms with E-state index in [4.69, 9.17) is 9.98 Å². The lowest BCUT2D eigenvalue weighted by Gasteiger charge is -2.08. The number of nitrogens with zero attached hydrogens (tertiary/aromatic N) is 9. The Morgan fingerprint density at radius 2 is 0.863 bits per heavy atom. The van der Waals surface area contributed by atoms with Gasteiger partial charge in [-0.25, -0.2) is 4.67 Å². The van der Waals surface area contributed by atoms with Crippen molar-refractivity contribution in [2.24, 2.45) is 25.0 Å². The largest absolute Gasteiger partial charge is 0.379 e. The molecule has 3 aliphatic heterocycles. The molecule has 0 saturated heterocycles. The van der Waals surface area contributed by atoms with Gasteiger partial charge in [-0.05, 0) is 97.1 Å². The molecule has 7 aromatic rings. The van der Waals surface area contributed by atoms with Gasteiger partial charge in [-0.1, -0.05) is 0 Å². The molecule has 12 heteroatoms. The molecule has 0 bridgehead atoms. The summed E-state index contributed by atoms with van der Waals surface area (Å²) in [6.07, 6.45) is 7.39. The summed E-state index contributed by atoms with van der Waals surface area (Å²) in [5, 5.41) is 5.41. The summed E-state index contributed by atoms with van der Waals surface area (Å²) in [5.74, 6) is 0. The molecule has 0 amide bonds. The fourth-order valence-corrected chi connectivity index (χ4v) is 9.75. The summed E-state index contributed by atoms with van der Waals surface area (Å²) in [6.45, 7) is 6.86. The molecule has 244 valence electrons. The van der Waals surface area contributed by atoms with E-state index in [1.165, 1.54) is 9.75 Å². The summed E-state index contributed by atoms with van der Waals surface area (Å²) in [7, 11) is 0. The molecular formula is C39H26N9S3+. The van der Waals surface area contributed by atoms with Gasteiger partial charge >= 0.3 is 6.34 Å². The first-order valence-corrected chi connectivity index (χ1v) is 18.8. The average molecular weight is 717 g/mol. The number of benzene rings is 1. The first kappa shape index (κ1) is 30.2. The van der Waals surface area contributed by atoms with Gasteiger partial charge in [-0.3, -0.25) is 34.9 Å². The molecule has 0 radical (unpaired) electrons. The van der Waals surface area contributed by atoms with Crippen molar-refractivity contribution in [2.75, 3.05) is 13.3 Å². The van der Waals surface area contributed by atoms with Crippen molar-refractivity contribution < 1.29 is 0 Å². The Bertz CT molecular complexity index is 2930. The Kier molecular flexibility index (Phi) is 6.94. The first-order valence-electron chi connectivity index (χ1n) is 16.4. The van der Waals surface area contributed by atoms with E-state index >= 15 is 0 Å². The van der Waals surface area contributed by atoms with Crippen LogP contribution in [0, 0.1) is 20.8 Å². The minimum atomic E-state index is 0.455. The van der Waals surface area contributed by atoms with Crippen molar-refractivity contribution in [1.29, 1.82) is 0 Å². The predicted molar refractivity (Wildman–Crippen MR) is 203 cm³/mol. The highest BCUT2D eigenvalue weighted by Gasteiger charge is 2.20. The van der Waals surface area contributed by atoms with Crippen molar-refractivity contribution in [3.63, 3.8) is 0 Å². The van der Waals surface area contributed by atoms with Gasteiger partial charge in [0.25, 0.3) is 10.7 Å². The molecule has 0 saturated carbocycles. The van der Waals surface area contributed by atoms with Gasteiger partial charge in [0.1, 0.15) is 24.1 Å². The van der Waals surface area contributed by atoms with Gasteiger partial charge in [0, 0.05) is 59.0 Å². The van der Waals surface area contributed by atoms with Crippen LogP contribution in [0.3, 0.4) is 0 Å². The highest BCUT2D eigenvalue weighted by Crippen LogP contribution is 2.42. The van der Waals surface area contributed by atoms with Gasteiger partial charge in [-0.15, -0.1) is 34.0 Å². The van der Waals surface area contributed by atoms with Crippen molar-refractivity contribution in [3.8, 4) is 62.6 Å². The van der Waals surface area contributed by atoms with Gasteiger partial charge in [0.05, 0.1) is 33.4 Å². The molecule has 51 heavy (non-hydrogen) atoms. The highest BCUT2D eigenvalue weighted by molar-refractivity contribution is 7.19. The predicted octanol–water partition coefficient (Wildman–Crippen LogP) is 4.75. The maximum absolute atomic E-state index is 4.70. The van der Waals surface area contributed by atoms with E-state index in [1.807, 2.05) is 39.4 Å². The van der Waals surface area contributed by atoms with Crippen LogP contribution in [0.4, 0.5) is 0 Å². The quantitative estimate of drug-likeness (QED) is 0.232. The fourth-order valence-electron chi connectivity index (χ4n) is 6.74. The topological polar surface area (TPSA) is 115 Å². The molecule has 0 atom stereocenters. The van der Waals surface area contributed by atoms with Crippen molar-refractivity contribution in [1.82, 2.24) is 19.6 Å². The van der Waals surface area contributed by atoms with Crippen LogP contribution < -0.4 is 36.8 Å². The second-order valence-electron chi connectivity index (χ2n) is 12.4. The fraction of sp³-hybridized carbons (Fsp3) is 0.128. The summed E-state index contributed by atoms with van der Waals surface area (Å²) >= 11 is 5.25. The molecule has 9 heterocycles. The lowest BCUT2D eigenvalue weighted by atomic mass is 10.0. The number of thiophene rings is 3. The van der Waals surface area contributed by atoms with E-state index in [2.05, 4.69) is 89.2 Å². The molecule has 9 nitrogen and oxygen atoms in total. The maximum Gasteiger partial charge on any atom is 0.379 e. The highest BCUT2D eigenvalue weighted by atomic mass is 32.1. The zero-order valence-corrected chi connectivity index (χ0v) is 30.1. The minimum absolute atomic E-state index is 0.455. The Balaban J connectivity index is 1.10. The molecule has 1 aromatic carbocycles. The number of rotatable bonds is 6. The van der Waals surface area contributed by atoms with Crippen LogP contribution in [0.2, 0.25) is 0 Å². The molecule has 0 N–H and O–H groups in total. The van der Waals surface area contributed by atoms with Crippen LogP contribution in [0.1, 0.15) is 17.1 Å².